The molecule has 0 bridgehead atoms. The largest absolute Gasteiger partial charge is 0.351 e. The molecule has 3 rings (SSSR count). The summed E-state index contributed by atoms with van der Waals surface area (Å²) in [6.07, 6.45) is 5.09. The molecule has 0 atom stereocenters. The van der Waals surface area contributed by atoms with Crippen LogP contribution in [-0.4, -0.2) is 48.0 Å². The summed E-state index contributed by atoms with van der Waals surface area (Å²) in [6.45, 7) is 3.91. The van der Waals surface area contributed by atoms with Gasteiger partial charge in [0, 0.05) is 38.9 Å². The van der Waals surface area contributed by atoms with E-state index in [9.17, 15) is 14.4 Å². The minimum absolute atomic E-state index is 0.109. The molecule has 150 valence electrons. The molecule has 1 N–H and O–H groups in total. The number of amides is 3. The number of hydrazone groups is 1. The lowest BCUT2D eigenvalue weighted by Gasteiger charge is -2.23. The fourth-order valence-electron chi connectivity index (χ4n) is 3.53. The Kier molecular flexibility index (Phi) is 6.79. The number of benzene rings is 1. The fraction of sp³-hybridized carbons (Fsp3) is 0.524. The molecule has 2 aliphatic rings. The maximum atomic E-state index is 12.5. The SMILES string of the molecule is Cc1cccc(N2N=C(C(=O)NCCCN3CCCCCC3=O)CCC2=O)c1. The predicted molar refractivity (Wildman–Crippen MR) is 108 cm³/mol. The van der Waals surface area contributed by atoms with Crippen LogP contribution in [0.3, 0.4) is 0 Å². The molecule has 1 aromatic carbocycles. The molecular weight excluding hydrogens is 356 g/mol. The molecular formula is C21H28N4O3. The molecule has 0 spiro atoms. The lowest BCUT2D eigenvalue weighted by Crippen LogP contribution is -2.40. The Balaban J connectivity index is 1.52. The molecule has 0 aromatic heterocycles. The highest BCUT2D eigenvalue weighted by atomic mass is 16.2. The third-order valence-corrected chi connectivity index (χ3v) is 5.10. The molecule has 1 aromatic rings. The van der Waals surface area contributed by atoms with Gasteiger partial charge < -0.3 is 10.2 Å². The van der Waals surface area contributed by atoms with Crippen molar-refractivity contribution < 1.29 is 14.4 Å². The molecule has 7 heteroatoms. The Bertz CT molecular complexity index is 775. The van der Waals surface area contributed by atoms with E-state index in [1.54, 1.807) is 0 Å². The highest BCUT2D eigenvalue weighted by molar-refractivity contribution is 6.40. The third kappa shape index (κ3) is 5.18. The second kappa shape index (κ2) is 9.48. The van der Waals surface area contributed by atoms with Crippen molar-refractivity contribution >= 4 is 29.1 Å². The Morgan fingerprint density at radius 2 is 1.96 bits per heavy atom. The van der Waals surface area contributed by atoms with E-state index in [1.807, 2.05) is 36.1 Å². The minimum atomic E-state index is -0.243. The zero-order valence-corrected chi connectivity index (χ0v) is 16.4. The predicted octanol–water partition coefficient (Wildman–Crippen LogP) is 2.39. The summed E-state index contributed by atoms with van der Waals surface area (Å²) in [4.78, 5) is 38.6. The van der Waals surface area contributed by atoms with Crippen LogP contribution in [0.2, 0.25) is 0 Å². The Morgan fingerprint density at radius 1 is 1.11 bits per heavy atom. The maximum Gasteiger partial charge on any atom is 0.267 e. The van der Waals surface area contributed by atoms with Crippen LogP contribution in [0, 0.1) is 6.92 Å². The zero-order chi connectivity index (χ0) is 19.9. The molecule has 2 aliphatic heterocycles. The number of nitrogens with one attached hydrogen (secondary N) is 1. The van der Waals surface area contributed by atoms with E-state index in [0.717, 1.165) is 31.4 Å². The van der Waals surface area contributed by atoms with Crippen LogP contribution in [0.4, 0.5) is 5.69 Å². The van der Waals surface area contributed by atoms with E-state index >= 15 is 0 Å². The van der Waals surface area contributed by atoms with E-state index in [1.165, 1.54) is 5.01 Å². The average Bonchev–Trinajstić information content (AvgIpc) is 2.89. The first kappa shape index (κ1) is 20.0. The lowest BCUT2D eigenvalue weighted by atomic mass is 10.1. The van der Waals surface area contributed by atoms with Gasteiger partial charge in [-0.15, -0.1) is 0 Å². The Hall–Kier alpha value is -2.70. The number of anilines is 1. The minimum Gasteiger partial charge on any atom is -0.351 e. The molecule has 3 amide bonds. The van der Waals surface area contributed by atoms with E-state index in [2.05, 4.69) is 10.4 Å². The van der Waals surface area contributed by atoms with Crippen molar-refractivity contribution in [1.82, 2.24) is 10.2 Å². The highest BCUT2D eigenvalue weighted by Gasteiger charge is 2.25. The van der Waals surface area contributed by atoms with Crippen molar-refractivity contribution in [3.8, 4) is 0 Å². The van der Waals surface area contributed by atoms with E-state index in [4.69, 9.17) is 0 Å². The standard InChI is InChI=1S/C21H28N4O3/c1-16-7-5-8-17(15-16)25-20(27)11-10-18(23-25)21(28)22-12-6-14-24-13-4-2-3-9-19(24)26/h5,7-8,15H,2-4,6,9-14H2,1H3,(H,22,28). The number of likely N-dealkylation sites (tertiary alicyclic amines) is 1. The van der Waals surface area contributed by atoms with Crippen LogP contribution in [0.5, 0.6) is 0 Å². The highest BCUT2D eigenvalue weighted by Crippen LogP contribution is 2.21. The number of carbonyl (C=O) groups is 3. The average molecular weight is 384 g/mol. The summed E-state index contributed by atoms with van der Waals surface area (Å²) < 4.78 is 0. The summed E-state index contributed by atoms with van der Waals surface area (Å²) in [5.41, 5.74) is 2.07. The molecule has 28 heavy (non-hydrogen) atoms. The number of nitrogens with zero attached hydrogens (tertiary/aromatic N) is 3. The summed E-state index contributed by atoms with van der Waals surface area (Å²) in [7, 11) is 0. The van der Waals surface area contributed by atoms with Gasteiger partial charge in [-0.1, -0.05) is 18.6 Å². The maximum absolute atomic E-state index is 12.5. The van der Waals surface area contributed by atoms with Gasteiger partial charge in [0.15, 0.2) is 0 Å². The van der Waals surface area contributed by atoms with Gasteiger partial charge in [0.2, 0.25) is 11.8 Å². The van der Waals surface area contributed by atoms with E-state index in [-0.39, 0.29) is 24.1 Å². The molecule has 0 radical (unpaired) electrons. The number of aryl methyl sites for hydroxylation is 1. The van der Waals surface area contributed by atoms with Crippen LogP contribution >= 0.6 is 0 Å². The van der Waals surface area contributed by atoms with Crippen molar-refractivity contribution in [3.05, 3.63) is 29.8 Å². The molecule has 1 saturated heterocycles. The lowest BCUT2D eigenvalue weighted by molar-refractivity contribution is -0.130. The summed E-state index contributed by atoms with van der Waals surface area (Å²) >= 11 is 0. The summed E-state index contributed by atoms with van der Waals surface area (Å²) in [5.74, 6) is -0.137. The number of hydrogen-bond acceptors (Lipinski definition) is 4. The summed E-state index contributed by atoms with van der Waals surface area (Å²) in [5, 5.41) is 8.49. The summed E-state index contributed by atoms with van der Waals surface area (Å²) in [6, 6.07) is 7.50. The zero-order valence-electron chi connectivity index (χ0n) is 16.4. The topological polar surface area (TPSA) is 82.1 Å². The van der Waals surface area contributed by atoms with Crippen molar-refractivity contribution in [2.24, 2.45) is 5.10 Å². The first-order valence-corrected chi connectivity index (χ1v) is 10.1. The van der Waals surface area contributed by atoms with Gasteiger partial charge >= 0.3 is 0 Å². The molecule has 0 saturated carbocycles. The number of carbonyl (C=O) groups excluding carboxylic acids is 3. The molecule has 7 nitrogen and oxygen atoms in total. The second-order valence-corrected chi connectivity index (χ2v) is 7.39. The Morgan fingerprint density at radius 3 is 2.79 bits per heavy atom. The second-order valence-electron chi connectivity index (χ2n) is 7.39. The fourth-order valence-corrected chi connectivity index (χ4v) is 3.53. The monoisotopic (exact) mass is 384 g/mol. The number of rotatable bonds is 6. The quantitative estimate of drug-likeness (QED) is 0.765. The van der Waals surface area contributed by atoms with Crippen molar-refractivity contribution in [2.45, 2.75) is 51.9 Å². The molecule has 0 aliphatic carbocycles. The third-order valence-electron chi connectivity index (χ3n) is 5.10. The van der Waals surface area contributed by atoms with Crippen LogP contribution in [-0.2, 0) is 14.4 Å². The molecule has 0 unspecified atom stereocenters. The van der Waals surface area contributed by atoms with Gasteiger partial charge in [0.25, 0.3) is 5.91 Å². The van der Waals surface area contributed by atoms with Crippen LogP contribution < -0.4 is 10.3 Å². The smallest absolute Gasteiger partial charge is 0.267 e. The Labute approximate surface area is 165 Å². The van der Waals surface area contributed by atoms with Crippen LogP contribution in [0.15, 0.2) is 29.4 Å². The van der Waals surface area contributed by atoms with Gasteiger partial charge in [-0.2, -0.15) is 5.10 Å². The van der Waals surface area contributed by atoms with Crippen LogP contribution in [0.25, 0.3) is 0 Å². The van der Waals surface area contributed by atoms with E-state index in [0.29, 0.717) is 43.8 Å². The molecule has 2 heterocycles. The van der Waals surface area contributed by atoms with E-state index < -0.39 is 0 Å². The van der Waals surface area contributed by atoms with Crippen LogP contribution in [0.1, 0.15) is 50.5 Å². The number of hydrogen-bond donors (Lipinski definition) is 1. The van der Waals surface area contributed by atoms with Gasteiger partial charge in [-0.25, -0.2) is 5.01 Å². The first-order chi connectivity index (χ1) is 13.5. The van der Waals surface area contributed by atoms with Gasteiger partial charge in [0.1, 0.15) is 5.71 Å². The first-order valence-electron chi connectivity index (χ1n) is 10.1. The van der Waals surface area contributed by atoms with Gasteiger partial charge in [0.05, 0.1) is 5.69 Å². The normalized spacial score (nSPS) is 18.0. The van der Waals surface area contributed by atoms with Crippen molar-refractivity contribution in [1.29, 1.82) is 0 Å². The van der Waals surface area contributed by atoms with Gasteiger partial charge in [-0.3, -0.25) is 14.4 Å². The van der Waals surface area contributed by atoms with Crippen molar-refractivity contribution in [2.75, 3.05) is 24.6 Å². The molecule has 1 fully saturated rings. The van der Waals surface area contributed by atoms with Crippen molar-refractivity contribution in [3.63, 3.8) is 0 Å². The van der Waals surface area contributed by atoms with Gasteiger partial charge in [-0.05, 0) is 43.9 Å².